The molecule has 0 saturated carbocycles. The molecule has 0 aliphatic carbocycles. The van der Waals surface area contributed by atoms with Crippen molar-refractivity contribution in [1.82, 2.24) is 5.32 Å². The maximum atomic E-state index is 8.77. The summed E-state index contributed by atoms with van der Waals surface area (Å²) >= 11 is 0. The molecule has 2 rings (SSSR count). The molecule has 4 nitrogen and oxygen atoms in total. The van der Waals surface area contributed by atoms with Gasteiger partial charge in [0, 0.05) is 31.4 Å². The summed E-state index contributed by atoms with van der Waals surface area (Å²) in [6.07, 6.45) is 0.802. The smallest absolute Gasteiger partial charge is 0.0642 e. The van der Waals surface area contributed by atoms with Gasteiger partial charge in [-0.2, -0.15) is 0 Å². The van der Waals surface area contributed by atoms with Gasteiger partial charge in [-0.15, -0.1) is 0 Å². The molecule has 0 amide bonds. The van der Waals surface area contributed by atoms with E-state index in [-0.39, 0.29) is 6.61 Å². The van der Waals surface area contributed by atoms with Crippen LogP contribution in [0.5, 0.6) is 0 Å². The Morgan fingerprint density at radius 1 is 1.26 bits per heavy atom. The molecule has 1 fully saturated rings. The summed E-state index contributed by atoms with van der Waals surface area (Å²) in [4.78, 5) is 2.36. The van der Waals surface area contributed by atoms with Crippen LogP contribution in [0.2, 0.25) is 0 Å². The SMILES string of the molecule is CC(NCCCO)c1ccc(N2CCOCC2)cc1. The van der Waals surface area contributed by atoms with Crippen LogP contribution in [0.1, 0.15) is 24.9 Å². The second-order valence-corrected chi connectivity index (χ2v) is 4.94. The molecule has 0 spiro atoms. The number of nitrogens with zero attached hydrogens (tertiary/aromatic N) is 1. The Bertz CT molecular complexity index is 361. The molecule has 0 bridgehead atoms. The van der Waals surface area contributed by atoms with Crippen molar-refractivity contribution in [2.24, 2.45) is 0 Å². The third-order valence-electron chi connectivity index (χ3n) is 3.55. The first-order valence-corrected chi connectivity index (χ1v) is 7.08. The molecule has 0 aromatic heterocycles. The van der Waals surface area contributed by atoms with Crippen molar-refractivity contribution < 1.29 is 9.84 Å². The zero-order valence-electron chi connectivity index (χ0n) is 11.6. The largest absolute Gasteiger partial charge is 0.396 e. The fourth-order valence-electron chi connectivity index (χ4n) is 2.31. The first-order valence-electron chi connectivity index (χ1n) is 7.08. The van der Waals surface area contributed by atoms with E-state index in [9.17, 15) is 0 Å². The second-order valence-electron chi connectivity index (χ2n) is 4.94. The van der Waals surface area contributed by atoms with E-state index in [0.717, 1.165) is 39.3 Å². The Morgan fingerprint density at radius 3 is 2.58 bits per heavy atom. The van der Waals surface area contributed by atoms with E-state index >= 15 is 0 Å². The van der Waals surface area contributed by atoms with E-state index < -0.39 is 0 Å². The number of hydrogen-bond donors (Lipinski definition) is 2. The minimum atomic E-state index is 0.246. The standard InChI is InChI=1S/C15H24N2O2/c1-13(16-7-2-10-18)14-3-5-15(6-4-14)17-8-11-19-12-9-17/h3-6,13,16,18H,2,7-12H2,1H3. The number of hydrogen-bond acceptors (Lipinski definition) is 4. The van der Waals surface area contributed by atoms with Gasteiger partial charge >= 0.3 is 0 Å². The number of ether oxygens (including phenoxy) is 1. The van der Waals surface area contributed by atoms with Gasteiger partial charge in [0.05, 0.1) is 13.2 Å². The molecule has 1 atom stereocenters. The summed E-state index contributed by atoms with van der Waals surface area (Å²) in [7, 11) is 0. The van der Waals surface area contributed by atoms with Crippen molar-refractivity contribution >= 4 is 5.69 Å². The van der Waals surface area contributed by atoms with Gasteiger partial charge in [-0.25, -0.2) is 0 Å². The predicted molar refractivity (Wildman–Crippen MR) is 77.6 cm³/mol. The van der Waals surface area contributed by atoms with Crippen molar-refractivity contribution in [3.63, 3.8) is 0 Å². The molecule has 106 valence electrons. The second kappa shape index (κ2) is 7.48. The molecule has 1 aromatic rings. The Labute approximate surface area is 115 Å². The molecular formula is C15H24N2O2. The van der Waals surface area contributed by atoms with Crippen molar-refractivity contribution in [2.45, 2.75) is 19.4 Å². The van der Waals surface area contributed by atoms with E-state index in [2.05, 4.69) is 41.4 Å². The number of rotatable bonds is 6. The van der Waals surface area contributed by atoms with Gasteiger partial charge in [0.25, 0.3) is 0 Å². The number of aliphatic hydroxyl groups excluding tert-OH is 1. The lowest BCUT2D eigenvalue weighted by Gasteiger charge is -2.29. The van der Waals surface area contributed by atoms with Crippen molar-refractivity contribution in [1.29, 1.82) is 0 Å². The highest BCUT2D eigenvalue weighted by Gasteiger charge is 2.11. The fraction of sp³-hybridized carbons (Fsp3) is 0.600. The maximum Gasteiger partial charge on any atom is 0.0642 e. The minimum Gasteiger partial charge on any atom is -0.396 e. The first kappa shape index (κ1) is 14.3. The molecule has 2 N–H and O–H groups in total. The highest BCUT2D eigenvalue weighted by Crippen LogP contribution is 2.20. The lowest BCUT2D eigenvalue weighted by molar-refractivity contribution is 0.122. The van der Waals surface area contributed by atoms with E-state index in [1.807, 2.05) is 0 Å². The summed E-state index contributed by atoms with van der Waals surface area (Å²) in [6, 6.07) is 9.06. The van der Waals surface area contributed by atoms with Crippen LogP contribution in [-0.4, -0.2) is 44.6 Å². The zero-order chi connectivity index (χ0) is 13.5. The van der Waals surface area contributed by atoms with Crippen molar-refractivity contribution in [3.05, 3.63) is 29.8 Å². The number of morpholine rings is 1. The third-order valence-corrected chi connectivity index (χ3v) is 3.55. The Hall–Kier alpha value is -1.10. The van der Waals surface area contributed by atoms with Crippen LogP contribution < -0.4 is 10.2 Å². The highest BCUT2D eigenvalue weighted by molar-refractivity contribution is 5.48. The quantitative estimate of drug-likeness (QED) is 0.765. The van der Waals surface area contributed by atoms with E-state index in [1.54, 1.807) is 0 Å². The summed E-state index contributed by atoms with van der Waals surface area (Å²) < 4.78 is 5.37. The molecule has 1 aromatic carbocycles. The number of aliphatic hydroxyl groups is 1. The maximum absolute atomic E-state index is 8.77. The van der Waals surface area contributed by atoms with E-state index in [4.69, 9.17) is 9.84 Å². The Kier molecular flexibility index (Phi) is 5.63. The van der Waals surface area contributed by atoms with Crippen LogP contribution >= 0.6 is 0 Å². The third kappa shape index (κ3) is 4.20. The monoisotopic (exact) mass is 264 g/mol. The fourth-order valence-corrected chi connectivity index (χ4v) is 2.31. The van der Waals surface area contributed by atoms with Gasteiger partial charge in [-0.3, -0.25) is 0 Å². The van der Waals surface area contributed by atoms with Gasteiger partial charge < -0.3 is 20.1 Å². The normalized spacial score (nSPS) is 17.5. The number of benzene rings is 1. The van der Waals surface area contributed by atoms with Gasteiger partial charge in [-0.1, -0.05) is 12.1 Å². The predicted octanol–water partition coefficient (Wildman–Crippen LogP) is 1.56. The molecule has 19 heavy (non-hydrogen) atoms. The lowest BCUT2D eigenvalue weighted by atomic mass is 10.1. The average Bonchev–Trinajstić information content (AvgIpc) is 2.48. The first-order chi connectivity index (χ1) is 9.31. The summed E-state index contributed by atoms with van der Waals surface area (Å²) in [5, 5.41) is 12.2. The van der Waals surface area contributed by atoms with Gasteiger partial charge in [0.2, 0.25) is 0 Å². The van der Waals surface area contributed by atoms with Crippen LogP contribution in [0.3, 0.4) is 0 Å². The zero-order valence-corrected chi connectivity index (χ0v) is 11.6. The molecule has 4 heteroatoms. The Balaban J connectivity index is 1.89. The van der Waals surface area contributed by atoms with Crippen LogP contribution in [0, 0.1) is 0 Å². The Morgan fingerprint density at radius 2 is 1.95 bits per heavy atom. The average molecular weight is 264 g/mol. The summed E-state index contributed by atoms with van der Waals surface area (Å²) in [5.74, 6) is 0. The van der Waals surface area contributed by atoms with Gasteiger partial charge in [0.15, 0.2) is 0 Å². The van der Waals surface area contributed by atoms with Crippen LogP contribution in [-0.2, 0) is 4.74 Å². The molecule has 1 aliphatic heterocycles. The molecule has 0 radical (unpaired) electrons. The summed E-state index contributed by atoms with van der Waals surface area (Å²) in [5.41, 5.74) is 2.56. The van der Waals surface area contributed by atoms with Crippen molar-refractivity contribution in [3.8, 4) is 0 Å². The molecular weight excluding hydrogens is 240 g/mol. The van der Waals surface area contributed by atoms with Gasteiger partial charge in [0.1, 0.15) is 0 Å². The van der Waals surface area contributed by atoms with E-state index in [0.29, 0.717) is 6.04 Å². The molecule has 1 heterocycles. The molecule has 1 saturated heterocycles. The number of nitrogens with one attached hydrogen (secondary N) is 1. The van der Waals surface area contributed by atoms with Crippen LogP contribution in [0.4, 0.5) is 5.69 Å². The van der Waals surface area contributed by atoms with Crippen molar-refractivity contribution in [2.75, 3.05) is 44.4 Å². The number of anilines is 1. The topological polar surface area (TPSA) is 44.7 Å². The van der Waals surface area contributed by atoms with Crippen LogP contribution in [0.25, 0.3) is 0 Å². The highest BCUT2D eigenvalue weighted by atomic mass is 16.5. The van der Waals surface area contributed by atoms with Crippen LogP contribution in [0.15, 0.2) is 24.3 Å². The molecule has 1 aliphatic rings. The van der Waals surface area contributed by atoms with Gasteiger partial charge in [-0.05, 0) is 37.6 Å². The summed E-state index contributed by atoms with van der Waals surface area (Å²) in [6.45, 7) is 6.84. The minimum absolute atomic E-state index is 0.246. The lowest BCUT2D eigenvalue weighted by Crippen LogP contribution is -2.36. The molecule has 1 unspecified atom stereocenters. The van der Waals surface area contributed by atoms with E-state index in [1.165, 1.54) is 11.3 Å².